The van der Waals surface area contributed by atoms with Crippen molar-refractivity contribution < 1.29 is 14.7 Å². The minimum atomic E-state index is -0.780. The SMILES string of the molecule is O=C(O)C1CCCN(C(=O)CCCN2Cc3ccccc3C2)C1. The van der Waals surface area contributed by atoms with Crippen LogP contribution in [0.15, 0.2) is 24.3 Å². The highest BCUT2D eigenvalue weighted by Crippen LogP contribution is 2.22. The molecule has 1 saturated heterocycles. The Bertz CT molecular complexity index is 562. The third-order valence-electron chi connectivity index (χ3n) is 4.89. The second kappa shape index (κ2) is 7.13. The van der Waals surface area contributed by atoms with E-state index in [2.05, 4.69) is 29.2 Å². The van der Waals surface area contributed by atoms with Crippen LogP contribution < -0.4 is 0 Å². The molecule has 1 unspecified atom stereocenters. The van der Waals surface area contributed by atoms with Gasteiger partial charge in [0.25, 0.3) is 0 Å². The number of rotatable bonds is 5. The number of likely N-dealkylation sites (tertiary alicyclic amines) is 1. The van der Waals surface area contributed by atoms with Crippen molar-refractivity contribution in [2.75, 3.05) is 19.6 Å². The number of carboxylic acid groups (broad SMARTS) is 1. The molecular formula is C18H24N2O3. The fourth-order valence-corrected chi connectivity index (χ4v) is 3.58. The Labute approximate surface area is 136 Å². The van der Waals surface area contributed by atoms with Gasteiger partial charge < -0.3 is 10.0 Å². The smallest absolute Gasteiger partial charge is 0.308 e. The number of fused-ring (bicyclic) bond motifs is 1. The third-order valence-corrected chi connectivity index (χ3v) is 4.89. The van der Waals surface area contributed by atoms with Crippen molar-refractivity contribution in [3.05, 3.63) is 35.4 Å². The van der Waals surface area contributed by atoms with Crippen LogP contribution in [0.4, 0.5) is 0 Å². The number of hydrogen-bond acceptors (Lipinski definition) is 3. The van der Waals surface area contributed by atoms with E-state index in [0.29, 0.717) is 25.9 Å². The molecule has 124 valence electrons. The molecule has 1 aromatic rings. The van der Waals surface area contributed by atoms with Gasteiger partial charge in [-0.05, 0) is 36.9 Å². The van der Waals surface area contributed by atoms with E-state index in [-0.39, 0.29) is 11.8 Å². The molecule has 3 rings (SSSR count). The molecule has 0 spiro atoms. The van der Waals surface area contributed by atoms with Gasteiger partial charge in [-0.2, -0.15) is 0 Å². The molecule has 1 amide bonds. The molecule has 2 aliphatic heterocycles. The van der Waals surface area contributed by atoms with Crippen LogP contribution in [0.5, 0.6) is 0 Å². The van der Waals surface area contributed by atoms with Gasteiger partial charge in [0.15, 0.2) is 0 Å². The molecule has 23 heavy (non-hydrogen) atoms. The first-order valence-electron chi connectivity index (χ1n) is 8.43. The van der Waals surface area contributed by atoms with Gasteiger partial charge in [-0.15, -0.1) is 0 Å². The standard InChI is InChI=1S/C18H24N2O3/c21-17(20-10-3-7-16(13-20)18(22)23)8-4-9-19-11-14-5-1-2-6-15(14)12-19/h1-2,5-6,16H,3-4,7-13H2,(H,22,23). The van der Waals surface area contributed by atoms with Gasteiger partial charge in [0.05, 0.1) is 5.92 Å². The molecule has 0 aromatic heterocycles. The maximum absolute atomic E-state index is 12.3. The van der Waals surface area contributed by atoms with Crippen molar-refractivity contribution in [2.45, 2.75) is 38.8 Å². The molecule has 2 heterocycles. The molecule has 1 fully saturated rings. The highest BCUT2D eigenvalue weighted by atomic mass is 16.4. The number of nitrogens with zero attached hydrogens (tertiary/aromatic N) is 2. The normalized spacial score (nSPS) is 21.2. The van der Waals surface area contributed by atoms with Crippen molar-refractivity contribution in [1.82, 2.24) is 9.80 Å². The van der Waals surface area contributed by atoms with Crippen LogP contribution in [0, 0.1) is 5.92 Å². The van der Waals surface area contributed by atoms with E-state index in [1.165, 1.54) is 11.1 Å². The molecule has 5 nitrogen and oxygen atoms in total. The zero-order valence-electron chi connectivity index (χ0n) is 13.4. The summed E-state index contributed by atoms with van der Waals surface area (Å²) in [4.78, 5) is 27.5. The second-order valence-electron chi connectivity index (χ2n) is 6.60. The second-order valence-corrected chi connectivity index (χ2v) is 6.60. The average Bonchev–Trinajstić information content (AvgIpc) is 2.97. The summed E-state index contributed by atoms with van der Waals surface area (Å²) in [7, 11) is 0. The largest absolute Gasteiger partial charge is 0.481 e. The van der Waals surface area contributed by atoms with Gasteiger partial charge in [-0.3, -0.25) is 14.5 Å². The fraction of sp³-hybridized carbons (Fsp3) is 0.556. The van der Waals surface area contributed by atoms with Gasteiger partial charge in [0, 0.05) is 32.6 Å². The highest BCUT2D eigenvalue weighted by Gasteiger charge is 2.28. The Kier molecular flexibility index (Phi) is 4.96. The fourth-order valence-electron chi connectivity index (χ4n) is 3.58. The van der Waals surface area contributed by atoms with Crippen LogP contribution in [0.2, 0.25) is 0 Å². The third kappa shape index (κ3) is 3.91. The molecule has 0 aliphatic carbocycles. The first-order chi connectivity index (χ1) is 11.1. The van der Waals surface area contributed by atoms with E-state index in [0.717, 1.165) is 32.5 Å². The predicted octanol–water partition coefficient (Wildman–Crippen LogP) is 2.11. The van der Waals surface area contributed by atoms with Crippen LogP contribution >= 0.6 is 0 Å². The maximum Gasteiger partial charge on any atom is 0.308 e. The Hall–Kier alpha value is -1.88. The van der Waals surface area contributed by atoms with Crippen LogP contribution in [-0.4, -0.2) is 46.4 Å². The summed E-state index contributed by atoms with van der Waals surface area (Å²) in [5.41, 5.74) is 2.78. The van der Waals surface area contributed by atoms with E-state index in [4.69, 9.17) is 5.11 Å². The summed E-state index contributed by atoms with van der Waals surface area (Å²) < 4.78 is 0. The molecule has 1 N–H and O–H groups in total. The first-order valence-corrected chi connectivity index (χ1v) is 8.43. The molecular weight excluding hydrogens is 292 g/mol. The van der Waals surface area contributed by atoms with Gasteiger partial charge in [-0.1, -0.05) is 24.3 Å². The summed E-state index contributed by atoms with van der Waals surface area (Å²) >= 11 is 0. The van der Waals surface area contributed by atoms with Crippen LogP contribution in [0.25, 0.3) is 0 Å². The van der Waals surface area contributed by atoms with E-state index in [1.807, 2.05) is 0 Å². The number of amides is 1. The topological polar surface area (TPSA) is 60.9 Å². The first kappa shape index (κ1) is 16.0. The minimum Gasteiger partial charge on any atom is -0.481 e. The van der Waals surface area contributed by atoms with Crippen molar-refractivity contribution in [1.29, 1.82) is 0 Å². The van der Waals surface area contributed by atoms with Gasteiger partial charge in [-0.25, -0.2) is 0 Å². The maximum atomic E-state index is 12.3. The van der Waals surface area contributed by atoms with E-state index in [9.17, 15) is 9.59 Å². The van der Waals surface area contributed by atoms with E-state index < -0.39 is 5.97 Å². The Morgan fingerprint density at radius 1 is 1.17 bits per heavy atom. The van der Waals surface area contributed by atoms with Gasteiger partial charge in [0.2, 0.25) is 5.91 Å². The average molecular weight is 316 g/mol. The van der Waals surface area contributed by atoms with Gasteiger partial charge >= 0.3 is 5.97 Å². The van der Waals surface area contributed by atoms with Crippen molar-refractivity contribution in [3.63, 3.8) is 0 Å². The number of benzene rings is 1. The number of carbonyl (C=O) groups is 2. The Morgan fingerprint density at radius 2 is 1.87 bits per heavy atom. The number of carbonyl (C=O) groups excluding carboxylic acids is 1. The lowest BCUT2D eigenvalue weighted by Gasteiger charge is -2.31. The van der Waals surface area contributed by atoms with Crippen molar-refractivity contribution >= 4 is 11.9 Å². The summed E-state index contributed by atoms with van der Waals surface area (Å²) in [6.45, 7) is 3.93. The lowest BCUT2D eigenvalue weighted by Crippen LogP contribution is -2.42. The zero-order valence-corrected chi connectivity index (χ0v) is 13.4. The predicted molar refractivity (Wildman–Crippen MR) is 86.7 cm³/mol. The molecule has 0 bridgehead atoms. The summed E-state index contributed by atoms with van der Waals surface area (Å²) in [6.07, 6.45) is 2.83. The van der Waals surface area contributed by atoms with Crippen molar-refractivity contribution in [2.24, 2.45) is 5.92 Å². The molecule has 0 radical (unpaired) electrons. The zero-order chi connectivity index (χ0) is 16.2. The van der Waals surface area contributed by atoms with Gasteiger partial charge in [0.1, 0.15) is 0 Å². The quantitative estimate of drug-likeness (QED) is 0.904. The Balaban J connectivity index is 1.41. The minimum absolute atomic E-state index is 0.104. The number of aliphatic carboxylic acids is 1. The van der Waals surface area contributed by atoms with Crippen molar-refractivity contribution in [3.8, 4) is 0 Å². The lowest BCUT2D eigenvalue weighted by atomic mass is 9.98. The monoisotopic (exact) mass is 316 g/mol. The number of carboxylic acids is 1. The lowest BCUT2D eigenvalue weighted by molar-refractivity contribution is -0.145. The number of piperidine rings is 1. The van der Waals surface area contributed by atoms with Crippen LogP contribution in [0.1, 0.15) is 36.8 Å². The number of hydrogen-bond donors (Lipinski definition) is 1. The molecule has 1 atom stereocenters. The molecule has 1 aromatic carbocycles. The van der Waals surface area contributed by atoms with E-state index in [1.54, 1.807) is 4.90 Å². The Morgan fingerprint density at radius 3 is 2.52 bits per heavy atom. The summed E-state index contributed by atoms with van der Waals surface area (Å²) in [6, 6.07) is 8.47. The molecule has 2 aliphatic rings. The van der Waals surface area contributed by atoms with E-state index >= 15 is 0 Å². The van der Waals surface area contributed by atoms with Crippen LogP contribution in [0.3, 0.4) is 0 Å². The summed E-state index contributed by atoms with van der Waals surface area (Å²) in [5.74, 6) is -1.06. The van der Waals surface area contributed by atoms with Crippen LogP contribution in [-0.2, 0) is 22.7 Å². The molecule has 0 saturated carbocycles. The highest BCUT2D eigenvalue weighted by molar-refractivity contribution is 5.78. The molecule has 5 heteroatoms. The summed E-state index contributed by atoms with van der Waals surface area (Å²) in [5, 5.41) is 9.10.